The second-order valence-corrected chi connectivity index (χ2v) is 14.9. The van der Waals surface area contributed by atoms with Gasteiger partial charge in [0.1, 0.15) is 34.9 Å². The summed E-state index contributed by atoms with van der Waals surface area (Å²) in [4.78, 5) is 18.3. The van der Waals surface area contributed by atoms with Gasteiger partial charge in [0.25, 0.3) is 0 Å². The van der Waals surface area contributed by atoms with Crippen molar-refractivity contribution >= 4 is 43.2 Å². The van der Waals surface area contributed by atoms with Crippen LogP contribution in [0.2, 0.25) is 0 Å². The summed E-state index contributed by atoms with van der Waals surface area (Å²) in [6.07, 6.45) is -2.15. The number of sulfone groups is 1. The first-order chi connectivity index (χ1) is 22.2. The van der Waals surface area contributed by atoms with Crippen LogP contribution in [0.3, 0.4) is 0 Å². The van der Waals surface area contributed by atoms with Gasteiger partial charge in [0.05, 0.1) is 38.9 Å². The number of nitrogens with one attached hydrogen (secondary N) is 2. The molecule has 6 rings (SSSR count). The van der Waals surface area contributed by atoms with Gasteiger partial charge in [-0.3, -0.25) is 4.98 Å². The number of anilines is 2. The van der Waals surface area contributed by atoms with E-state index < -0.39 is 51.9 Å². The standard InChI is InChI=1S/C30H32F4N6O5S2/c1-16-22(27-38-24-21(46-27)9-11-35-23(24)17-2-3-17)26(39-28(37-16)36-12-13-45-15-30(32,33)34)40-29(42)10-8-18(25(29)41)14-47(43,44)20-6-4-19(31)5-7-20/h4-7,9,11,17-18,25,41-42H,2-3,8,10,12-15H2,1H3,(H2,36,37,39,40). The third-order valence-corrected chi connectivity index (χ3v) is 11.1. The molecule has 0 amide bonds. The SMILES string of the molecule is Cc1nc(NCCOCC(F)(F)F)nc(NC2(O)CCC(CS(=O)(=O)c3ccc(F)cc3)C2O)c1-c1nc2c(C3CC3)nccc2s1. The van der Waals surface area contributed by atoms with E-state index in [1.807, 2.05) is 6.07 Å². The van der Waals surface area contributed by atoms with Crippen LogP contribution < -0.4 is 10.6 Å². The Morgan fingerprint density at radius 3 is 2.55 bits per heavy atom. The second kappa shape index (κ2) is 12.8. The van der Waals surface area contributed by atoms with Gasteiger partial charge >= 0.3 is 6.18 Å². The number of aliphatic hydroxyl groups excluding tert-OH is 1. The maximum Gasteiger partial charge on any atom is 0.411 e. The number of ether oxygens (including phenoxy) is 1. The van der Waals surface area contributed by atoms with Crippen molar-refractivity contribution < 1.29 is 40.9 Å². The Hall–Kier alpha value is -3.51. The van der Waals surface area contributed by atoms with Crippen LogP contribution in [0.1, 0.15) is 43.0 Å². The molecule has 3 aromatic heterocycles. The highest BCUT2D eigenvalue weighted by molar-refractivity contribution is 7.91. The number of fused-ring (bicyclic) bond motifs is 1. The van der Waals surface area contributed by atoms with E-state index in [4.69, 9.17) is 4.98 Å². The van der Waals surface area contributed by atoms with E-state index >= 15 is 0 Å². The lowest BCUT2D eigenvalue weighted by atomic mass is 10.0. The van der Waals surface area contributed by atoms with E-state index in [2.05, 4.69) is 30.3 Å². The van der Waals surface area contributed by atoms with Gasteiger partial charge in [-0.1, -0.05) is 0 Å². The molecule has 2 saturated carbocycles. The number of halogens is 4. The molecule has 47 heavy (non-hydrogen) atoms. The summed E-state index contributed by atoms with van der Waals surface area (Å²) >= 11 is 1.37. The highest BCUT2D eigenvalue weighted by Crippen LogP contribution is 2.45. The summed E-state index contributed by atoms with van der Waals surface area (Å²) in [5.41, 5.74) is 0.478. The Balaban J connectivity index is 1.29. The highest BCUT2D eigenvalue weighted by Gasteiger charge is 2.49. The van der Waals surface area contributed by atoms with Crippen molar-refractivity contribution in [2.24, 2.45) is 5.92 Å². The van der Waals surface area contributed by atoms with Gasteiger partial charge in [-0.2, -0.15) is 18.2 Å². The Morgan fingerprint density at radius 1 is 1.11 bits per heavy atom. The van der Waals surface area contributed by atoms with Crippen molar-refractivity contribution in [3.8, 4) is 10.6 Å². The number of thiazole rings is 1. The van der Waals surface area contributed by atoms with Crippen molar-refractivity contribution in [3.05, 3.63) is 53.7 Å². The number of nitrogens with zero attached hydrogens (tertiary/aromatic N) is 4. The summed E-state index contributed by atoms with van der Waals surface area (Å²) in [5, 5.41) is 29.2. The van der Waals surface area contributed by atoms with Crippen molar-refractivity contribution in [1.82, 2.24) is 19.9 Å². The normalized spacial score (nSPS) is 21.8. The molecule has 4 N–H and O–H groups in total. The molecule has 2 aliphatic carbocycles. The van der Waals surface area contributed by atoms with Crippen LogP contribution in [0.5, 0.6) is 0 Å². The molecule has 2 aliphatic rings. The molecule has 0 radical (unpaired) electrons. The number of alkyl halides is 3. The summed E-state index contributed by atoms with van der Waals surface area (Å²) in [5.74, 6) is -1.51. The lowest BCUT2D eigenvalue weighted by Crippen LogP contribution is -2.48. The Labute approximate surface area is 271 Å². The van der Waals surface area contributed by atoms with Crippen LogP contribution in [0, 0.1) is 18.7 Å². The largest absolute Gasteiger partial charge is 0.411 e. The molecule has 1 aromatic carbocycles. The molecule has 0 bridgehead atoms. The zero-order chi connectivity index (χ0) is 33.6. The predicted octanol–water partition coefficient (Wildman–Crippen LogP) is 4.81. The zero-order valence-electron chi connectivity index (χ0n) is 25.1. The van der Waals surface area contributed by atoms with E-state index in [0.717, 1.165) is 53.0 Å². The number of pyridine rings is 1. The van der Waals surface area contributed by atoms with Gasteiger partial charge in [-0.15, -0.1) is 11.3 Å². The first-order valence-electron chi connectivity index (χ1n) is 14.9. The van der Waals surface area contributed by atoms with Gasteiger partial charge < -0.3 is 25.6 Å². The first-order valence-corrected chi connectivity index (χ1v) is 17.4. The van der Waals surface area contributed by atoms with Crippen molar-refractivity contribution in [3.63, 3.8) is 0 Å². The van der Waals surface area contributed by atoms with Gasteiger partial charge in [-0.25, -0.2) is 22.8 Å². The molecule has 0 spiro atoms. The molecule has 4 aromatic rings. The van der Waals surface area contributed by atoms with E-state index in [9.17, 15) is 36.2 Å². The molecule has 11 nitrogen and oxygen atoms in total. The third-order valence-electron chi connectivity index (χ3n) is 8.17. The average Bonchev–Trinajstić information content (AvgIpc) is 3.70. The van der Waals surface area contributed by atoms with E-state index in [1.165, 1.54) is 11.3 Å². The van der Waals surface area contributed by atoms with Crippen LogP contribution in [-0.4, -0.2) is 82.1 Å². The fraction of sp³-hybridized carbons (Fsp3) is 0.467. The Morgan fingerprint density at radius 2 is 1.85 bits per heavy atom. The number of hydrogen-bond donors (Lipinski definition) is 4. The highest BCUT2D eigenvalue weighted by atomic mass is 32.2. The lowest BCUT2D eigenvalue weighted by molar-refractivity contribution is -0.172. The molecule has 3 unspecified atom stereocenters. The van der Waals surface area contributed by atoms with Gasteiger partial charge in [0.2, 0.25) is 5.95 Å². The minimum absolute atomic E-state index is 0.0253. The molecule has 2 fully saturated rings. The van der Waals surface area contributed by atoms with Crippen LogP contribution in [0.15, 0.2) is 41.4 Å². The molecular formula is C30H32F4N6O5S2. The number of aryl methyl sites for hydroxylation is 1. The molecule has 0 aliphatic heterocycles. The first kappa shape index (κ1) is 33.4. The van der Waals surface area contributed by atoms with E-state index in [-0.39, 0.29) is 42.7 Å². The summed E-state index contributed by atoms with van der Waals surface area (Å²) in [6, 6.07) is 6.22. The molecule has 0 saturated heterocycles. The number of rotatable bonds is 12. The monoisotopic (exact) mass is 696 g/mol. The summed E-state index contributed by atoms with van der Waals surface area (Å²) < 4.78 is 82.5. The lowest BCUT2D eigenvalue weighted by Gasteiger charge is -2.31. The van der Waals surface area contributed by atoms with Gasteiger partial charge in [-0.05, 0) is 62.9 Å². The molecule has 17 heteroatoms. The van der Waals surface area contributed by atoms with E-state index in [1.54, 1.807) is 13.1 Å². The van der Waals surface area contributed by atoms with Crippen molar-refractivity contribution in [1.29, 1.82) is 0 Å². The predicted molar refractivity (Wildman–Crippen MR) is 166 cm³/mol. The van der Waals surface area contributed by atoms with Crippen molar-refractivity contribution in [2.45, 2.75) is 61.4 Å². The minimum Gasteiger partial charge on any atom is -0.388 e. The molecule has 3 heterocycles. The van der Waals surface area contributed by atoms with Gasteiger partial charge in [0, 0.05) is 24.6 Å². The fourth-order valence-corrected chi connectivity index (χ4v) is 8.42. The maximum atomic E-state index is 13.4. The average molecular weight is 697 g/mol. The number of aliphatic hydroxyl groups is 2. The van der Waals surface area contributed by atoms with Crippen LogP contribution in [0.4, 0.5) is 29.3 Å². The van der Waals surface area contributed by atoms with Crippen LogP contribution in [-0.2, 0) is 14.6 Å². The number of hydrogen-bond acceptors (Lipinski definition) is 12. The topological polar surface area (TPSA) is 159 Å². The fourth-order valence-electron chi connectivity index (χ4n) is 5.70. The maximum absolute atomic E-state index is 13.4. The second-order valence-electron chi connectivity index (χ2n) is 11.8. The number of benzene rings is 1. The van der Waals surface area contributed by atoms with Gasteiger partial charge in [0.15, 0.2) is 15.6 Å². The molecular weight excluding hydrogens is 664 g/mol. The summed E-state index contributed by atoms with van der Waals surface area (Å²) in [7, 11) is -3.92. The number of aromatic nitrogens is 4. The minimum atomic E-state index is -4.47. The molecule has 252 valence electrons. The van der Waals surface area contributed by atoms with Crippen molar-refractivity contribution in [2.75, 3.05) is 36.1 Å². The van der Waals surface area contributed by atoms with E-state index in [0.29, 0.717) is 22.2 Å². The Bertz CT molecular complexity index is 1870. The zero-order valence-corrected chi connectivity index (χ0v) is 26.7. The summed E-state index contributed by atoms with van der Waals surface area (Å²) in [6.45, 7) is -0.0540. The quantitative estimate of drug-likeness (QED) is 0.0697. The van der Waals surface area contributed by atoms with Crippen LogP contribution >= 0.6 is 11.3 Å². The Kier molecular flexibility index (Phi) is 9.12. The smallest absolute Gasteiger partial charge is 0.388 e. The molecule has 3 atom stereocenters. The van der Waals surface area contributed by atoms with Crippen LogP contribution in [0.25, 0.3) is 20.8 Å². The third kappa shape index (κ3) is 7.48.